The third-order valence-electron chi connectivity index (χ3n) is 2.56. The molecule has 0 unspecified atom stereocenters. The summed E-state index contributed by atoms with van der Waals surface area (Å²) in [5, 5.41) is 11.3. The number of methoxy groups -OCH3 is 1. The number of fused-ring (bicyclic) bond motifs is 1. The van der Waals surface area contributed by atoms with Crippen LogP contribution in [0.25, 0.3) is 10.8 Å². The van der Waals surface area contributed by atoms with Crippen molar-refractivity contribution in [2.45, 2.75) is 6.92 Å². The van der Waals surface area contributed by atoms with Crippen molar-refractivity contribution in [2.75, 3.05) is 7.11 Å². The molecular formula is C13H12O3. The summed E-state index contributed by atoms with van der Waals surface area (Å²) in [4.78, 5) is 11.5. The van der Waals surface area contributed by atoms with Crippen molar-refractivity contribution in [3.8, 4) is 11.5 Å². The third-order valence-corrected chi connectivity index (χ3v) is 2.56. The zero-order valence-electron chi connectivity index (χ0n) is 9.15. The molecule has 0 aliphatic carbocycles. The molecule has 0 spiro atoms. The first-order valence-corrected chi connectivity index (χ1v) is 4.94. The van der Waals surface area contributed by atoms with Crippen LogP contribution in [0.4, 0.5) is 0 Å². The number of ether oxygens (including phenoxy) is 1. The van der Waals surface area contributed by atoms with Crippen molar-refractivity contribution in [1.29, 1.82) is 0 Å². The number of benzene rings is 2. The lowest BCUT2D eigenvalue weighted by molar-refractivity contribution is 0.101. The van der Waals surface area contributed by atoms with Gasteiger partial charge < -0.3 is 9.84 Å². The van der Waals surface area contributed by atoms with Gasteiger partial charge in [0.15, 0.2) is 5.78 Å². The number of ketones is 1. The number of carbonyl (C=O) groups excluding carboxylic acids is 1. The molecule has 0 aliphatic heterocycles. The number of phenols is 1. The van der Waals surface area contributed by atoms with E-state index in [1.54, 1.807) is 19.2 Å². The highest BCUT2D eigenvalue weighted by Crippen LogP contribution is 2.30. The topological polar surface area (TPSA) is 46.5 Å². The van der Waals surface area contributed by atoms with Crippen LogP contribution >= 0.6 is 0 Å². The summed E-state index contributed by atoms with van der Waals surface area (Å²) in [7, 11) is 1.57. The minimum atomic E-state index is -0.156. The monoisotopic (exact) mass is 216 g/mol. The Morgan fingerprint density at radius 1 is 1.25 bits per heavy atom. The predicted octanol–water partition coefficient (Wildman–Crippen LogP) is 2.76. The van der Waals surface area contributed by atoms with Gasteiger partial charge in [-0.05, 0) is 35.9 Å². The first-order chi connectivity index (χ1) is 7.63. The predicted molar refractivity (Wildman–Crippen MR) is 62.2 cm³/mol. The highest BCUT2D eigenvalue weighted by Gasteiger charge is 2.11. The van der Waals surface area contributed by atoms with E-state index in [1.807, 2.05) is 12.1 Å². The summed E-state index contributed by atoms with van der Waals surface area (Å²) in [5.41, 5.74) is 0.344. The van der Waals surface area contributed by atoms with Gasteiger partial charge in [0.1, 0.15) is 11.5 Å². The average Bonchev–Trinajstić information content (AvgIpc) is 2.27. The molecule has 2 aromatic carbocycles. The molecule has 82 valence electrons. The second-order valence-corrected chi connectivity index (χ2v) is 3.60. The first kappa shape index (κ1) is 10.5. The Balaban J connectivity index is 2.83. The molecule has 0 fully saturated rings. The quantitative estimate of drug-likeness (QED) is 0.785. The van der Waals surface area contributed by atoms with Crippen LogP contribution in [0.2, 0.25) is 0 Å². The lowest BCUT2D eigenvalue weighted by Crippen LogP contribution is -1.95. The van der Waals surface area contributed by atoms with Gasteiger partial charge in [0.05, 0.1) is 12.7 Å². The van der Waals surface area contributed by atoms with E-state index in [1.165, 1.54) is 13.0 Å². The molecule has 0 atom stereocenters. The van der Waals surface area contributed by atoms with Gasteiger partial charge in [0.2, 0.25) is 0 Å². The number of aromatic hydroxyl groups is 1. The summed E-state index contributed by atoms with van der Waals surface area (Å²) in [6.45, 7) is 1.44. The maximum absolute atomic E-state index is 11.5. The van der Waals surface area contributed by atoms with Crippen molar-refractivity contribution in [3.63, 3.8) is 0 Å². The lowest BCUT2D eigenvalue weighted by atomic mass is 10.0. The zero-order valence-corrected chi connectivity index (χ0v) is 9.15. The number of phenolic OH excluding ortho intramolecular Hbond substituents is 1. The third kappa shape index (κ3) is 1.60. The van der Waals surface area contributed by atoms with E-state index in [4.69, 9.17) is 4.74 Å². The average molecular weight is 216 g/mol. The van der Waals surface area contributed by atoms with Gasteiger partial charge in [0, 0.05) is 0 Å². The number of carbonyl (C=O) groups is 1. The van der Waals surface area contributed by atoms with Crippen molar-refractivity contribution in [2.24, 2.45) is 0 Å². The Bertz CT molecular complexity index is 558. The summed E-state index contributed by atoms with van der Waals surface area (Å²) >= 11 is 0. The van der Waals surface area contributed by atoms with Crippen LogP contribution in [-0.2, 0) is 0 Å². The van der Waals surface area contributed by atoms with Crippen molar-refractivity contribution in [3.05, 3.63) is 35.9 Å². The molecule has 0 heterocycles. The maximum atomic E-state index is 11.5. The molecule has 3 nitrogen and oxygen atoms in total. The molecule has 0 radical (unpaired) electrons. The van der Waals surface area contributed by atoms with E-state index in [0.717, 1.165) is 5.39 Å². The molecule has 3 heteroatoms. The maximum Gasteiger partial charge on any atom is 0.164 e. The molecule has 0 amide bonds. The van der Waals surface area contributed by atoms with E-state index in [0.29, 0.717) is 16.7 Å². The summed E-state index contributed by atoms with van der Waals surface area (Å²) in [6, 6.07) is 8.75. The van der Waals surface area contributed by atoms with Crippen molar-refractivity contribution < 1.29 is 14.6 Å². The van der Waals surface area contributed by atoms with E-state index in [-0.39, 0.29) is 11.5 Å². The van der Waals surface area contributed by atoms with Gasteiger partial charge in [-0.1, -0.05) is 12.1 Å². The minimum Gasteiger partial charge on any atom is -0.507 e. The normalized spacial score (nSPS) is 10.4. The number of Topliss-reactive ketones (excluding diaryl/α,β-unsaturated/α-hetero) is 1. The van der Waals surface area contributed by atoms with Gasteiger partial charge in [0.25, 0.3) is 0 Å². The molecular weight excluding hydrogens is 204 g/mol. The first-order valence-electron chi connectivity index (χ1n) is 4.94. The Hall–Kier alpha value is -2.03. The number of hydrogen-bond donors (Lipinski definition) is 1. The van der Waals surface area contributed by atoms with Crippen molar-refractivity contribution in [1.82, 2.24) is 0 Å². The Kier molecular flexibility index (Phi) is 2.52. The van der Waals surface area contributed by atoms with E-state index in [2.05, 4.69) is 0 Å². The smallest absolute Gasteiger partial charge is 0.164 e. The van der Waals surface area contributed by atoms with Crippen molar-refractivity contribution >= 4 is 16.6 Å². The molecule has 0 aromatic heterocycles. The highest BCUT2D eigenvalue weighted by atomic mass is 16.5. The molecule has 0 bridgehead atoms. The van der Waals surface area contributed by atoms with E-state index < -0.39 is 0 Å². The van der Waals surface area contributed by atoms with Crippen LogP contribution in [0.1, 0.15) is 17.3 Å². The summed E-state index contributed by atoms with van der Waals surface area (Å²) < 4.78 is 5.10. The van der Waals surface area contributed by atoms with Crippen LogP contribution in [0.3, 0.4) is 0 Å². The van der Waals surface area contributed by atoms with Gasteiger partial charge >= 0.3 is 0 Å². The fourth-order valence-corrected chi connectivity index (χ4v) is 1.78. The number of rotatable bonds is 2. The SMILES string of the molecule is COc1ccc2ccc(O)c(C(C)=O)c2c1. The largest absolute Gasteiger partial charge is 0.507 e. The van der Waals surface area contributed by atoms with E-state index >= 15 is 0 Å². The van der Waals surface area contributed by atoms with Gasteiger partial charge in [-0.3, -0.25) is 4.79 Å². The molecule has 2 aromatic rings. The summed E-state index contributed by atoms with van der Waals surface area (Å²) in [6.07, 6.45) is 0. The second-order valence-electron chi connectivity index (χ2n) is 3.60. The second kappa shape index (κ2) is 3.85. The lowest BCUT2D eigenvalue weighted by Gasteiger charge is -2.07. The van der Waals surface area contributed by atoms with E-state index in [9.17, 15) is 9.90 Å². The minimum absolute atomic E-state index is 0.00764. The van der Waals surface area contributed by atoms with Gasteiger partial charge in [-0.25, -0.2) is 0 Å². The molecule has 0 aliphatic rings. The molecule has 1 N–H and O–H groups in total. The molecule has 0 saturated heterocycles. The Morgan fingerprint density at radius 3 is 2.56 bits per heavy atom. The highest BCUT2D eigenvalue weighted by molar-refractivity contribution is 6.09. The van der Waals surface area contributed by atoms with Crippen LogP contribution in [-0.4, -0.2) is 18.0 Å². The Morgan fingerprint density at radius 2 is 1.94 bits per heavy atom. The molecule has 2 rings (SSSR count). The van der Waals surface area contributed by atoms with Gasteiger partial charge in [-0.2, -0.15) is 0 Å². The van der Waals surface area contributed by atoms with Crippen LogP contribution in [0.5, 0.6) is 11.5 Å². The molecule has 0 saturated carbocycles. The zero-order chi connectivity index (χ0) is 11.7. The number of hydrogen-bond acceptors (Lipinski definition) is 3. The fraction of sp³-hybridized carbons (Fsp3) is 0.154. The van der Waals surface area contributed by atoms with Gasteiger partial charge in [-0.15, -0.1) is 0 Å². The Labute approximate surface area is 93.3 Å². The van der Waals surface area contributed by atoms with Crippen LogP contribution in [0, 0.1) is 0 Å². The standard InChI is InChI=1S/C13H12O3/c1-8(14)13-11-7-10(16-2)5-3-9(11)4-6-12(13)15/h3-7,15H,1-2H3. The van der Waals surface area contributed by atoms with Crippen LogP contribution < -0.4 is 4.74 Å². The summed E-state index contributed by atoms with van der Waals surface area (Å²) in [5.74, 6) is 0.519. The molecule has 16 heavy (non-hydrogen) atoms. The van der Waals surface area contributed by atoms with Crippen LogP contribution in [0.15, 0.2) is 30.3 Å². The fourth-order valence-electron chi connectivity index (χ4n) is 1.78.